The molecule has 9 heteroatoms. The second-order valence-corrected chi connectivity index (χ2v) is 12.0. The van der Waals surface area contributed by atoms with E-state index >= 15 is 0 Å². The number of nitrogens with zero attached hydrogens (tertiary/aromatic N) is 2. The van der Waals surface area contributed by atoms with Crippen molar-refractivity contribution in [1.29, 1.82) is 0 Å². The van der Waals surface area contributed by atoms with Crippen molar-refractivity contribution >= 4 is 48.8 Å². The number of anilines is 2. The zero-order chi connectivity index (χ0) is 26.5. The summed E-state index contributed by atoms with van der Waals surface area (Å²) in [4.78, 5) is 15.1. The Morgan fingerprint density at radius 3 is 2.50 bits per heavy atom. The molecule has 0 amide bonds. The molecule has 0 bridgehead atoms. The van der Waals surface area contributed by atoms with Gasteiger partial charge in [-0.05, 0) is 60.7 Å². The Kier molecular flexibility index (Phi) is 7.97. The molecule has 1 N–H and O–H groups in total. The number of piperazine rings is 1. The van der Waals surface area contributed by atoms with E-state index in [2.05, 4.69) is 10.2 Å². The molecule has 7 nitrogen and oxygen atoms in total. The van der Waals surface area contributed by atoms with Crippen LogP contribution in [0, 0.1) is 0 Å². The summed E-state index contributed by atoms with van der Waals surface area (Å²) in [6.07, 6.45) is 0.573. The number of ether oxygens (including phenoxy) is 1. The quantitative estimate of drug-likeness (QED) is 0.299. The summed E-state index contributed by atoms with van der Waals surface area (Å²) >= 11 is 1.30. The minimum atomic E-state index is -3.92. The first-order valence-corrected chi connectivity index (χ1v) is 15.0. The third kappa shape index (κ3) is 5.55. The summed E-state index contributed by atoms with van der Waals surface area (Å²) in [6, 6.07) is 24.4. The lowest BCUT2D eigenvalue weighted by atomic mass is 10.1. The summed E-state index contributed by atoms with van der Waals surface area (Å²) in [5.74, 6) is -0.396. The molecule has 4 aromatic rings. The molecule has 1 aliphatic heterocycles. The van der Waals surface area contributed by atoms with Gasteiger partial charge < -0.3 is 15.0 Å². The van der Waals surface area contributed by atoms with Gasteiger partial charge in [-0.15, -0.1) is 11.3 Å². The van der Waals surface area contributed by atoms with Gasteiger partial charge in [0.2, 0.25) is 0 Å². The first-order chi connectivity index (χ1) is 18.5. The van der Waals surface area contributed by atoms with Gasteiger partial charge in [-0.25, -0.2) is 13.2 Å². The fourth-order valence-electron chi connectivity index (χ4n) is 4.71. The van der Waals surface area contributed by atoms with Crippen LogP contribution in [0.5, 0.6) is 0 Å². The van der Waals surface area contributed by atoms with Crippen LogP contribution in [0.2, 0.25) is 0 Å². The molecule has 2 heterocycles. The maximum Gasteiger partial charge on any atom is 0.348 e. The van der Waals surface area contributed by atoms with Crippen molar-refractivity contribution in [3.8, 4) is 0 Å². The predicted octanol–water partition coefficient (Wildman–Crippen LogP) is 4.93. The van der Waals surface area contributed by atoms with Crippen LogP contribution >= 0.6 is 11.3 Å². The molecule has 1 saturated heterocycles. The fraction of sp³-hybridized carbons (Fsp3) is 0.276. The molecular weight excluding hydrogens is 518 g/mol. The van der Waals surface area contributed by atoms with Gasteiger partial charge in [0.1, 0.15) is 4.88 Å². The highest BCUT2D eigenvalue weighted by atomic mass is 32.2. The van der Waals surface area contributed by atoms with Crippen LogP contribution in [0.1, 0.15) is 22.2 Å². The first kappa shape index (κ1) is 26.2. The Bertz CT molecular complexity index is 1510. The summed E-state index contributed by atoms with van der Waals surface area (Å²) in [6.45, 7) is 5.66. The van der Waals surface area contributed by atoms with Crippen molar-refractivity contribution in [2.45, 2.75) is 18.2 Å². The predicted molar refractivity (Wildman–Crippen MR) is 154 cm³/mol. The number of hydrogen-bond donors (Lipinski definition) is 1. The van der Waals surface area contributed by atoms with E-state index in [1.807, 2.05) is 54.6 Å². The third-order valence-electron chi connectivity index (χ3n) is 6.61. The molecule has 1 aromatic heterocycles. The van der Waals surface area contributed by atoms with E-state index in [-0.39, 0.29) is 11.5 Å². The number of benzene rings is 3. The smallest absolute Gasteiger partial charge is 0.348 e. The van der Waals surface area contributed by atoms with Gasteiger partial charge in [-0.3, -0.25) is 4.31 Å². The number of esters is 1. The SMILES string of the molecule is CCOC(=O)c1cc2cc(S(=O)(=O)N(CCc3ccccc3)c3ccccc3N3CCNCC3)ccc2s1. The van der Waals surface area contributed by atoms with Crippen molar-refractivity contribution in [3.63, 3.8) is 0 Å². The van der Waals surface area contributed by atoms with Gasteiger partial charge in [-0.1, -0.05) is 42.5 Å². The van der Waals surface area contributed by atoms with Crippen molar-refractivity contribution in [3.05, 3.63) is 89.3 Å². The molecule has 38 heavy (non-hydrogen) atoms. The maximum absolute atomic E-state index is 14.3. The minimum Gasteiger partial charge on any atom is -0.462 e. The molecule has 0 unspecified atom stereocenters. The van der Waals surface area contributed by atoms with Gasteiger partial charge in [0, 0.05) is 37.4 Å². The lowest BCUT2D eigenvalue weighted by Crippen LogP contribution is -2.44. The molecule has 1 fully saturated rings. The summed E-state index contributed by atoms with van der Waals surface area (Å²) in [5.41, 5.74) is 2.65. The molecule has 0 radical (unpaired) electrons. The number of para-hydroxylation sites is 2. The Morgan fingerprint density at radius 1 is 1.00 bits per heavy atom. The Morgan fingerprint density at radius 2 is 1.74 bits per heavy atom. The van der Waals surface area contributed by atoms with E-state index in [0.717, 1.165) is 42.1 Å². The number of carbonyl (C=O) groups is 1. The molecular formula is C29H31N3O4S2. The highest BCUT2D eigenvalue weighted by Gasteiger charge is 2.29. The number of nitrogens with one attached hydrogen (secondary N) is 1. The van der Waals surface area contributed by atoms with Crippen LogP contribution in [0.3, 0.4) is 0 Å². The zero-order valence-corrected chi connectivity index (χ0v) is 22.9. The Hall–Kier alpha value is -3.40. The van der Waals surface area contributed by atoms with Gasteiger partial charge in [0.25, 0.3) is 10.0 Å². The summed E-state index contributed by atoms with van der Waals surface area (Å²) < 4.78 is 36.1. The number of rotatable bonds is 9. The molecule has 1 aliphatic rings. The average Bonchev–Trinajstić information content (AvgIpc) is 3.38. The highest BCUT2D eigenvalue weighted by molar-refractivity contribution is 7.92. The van der Waals surface area contributed by atoms with E-state index in [9.17, 15) is 13.2 Å². The zero-order valence-electron chi connectivity index (χ0n) is 21.3. The molecule has 3 aromatic carbocycles. The third-order valence-corrected chi connectivity index (χ3v) is 9.51. The maximum atomic E-state index is 14.3. The molecule has 5 rings (SSSR count). The van der Waals surface area contributed by atoms with Crippen LogP contribution in [-0.4, -0.2) is 53.7 Å². The Balaban J connectivity index is 1.55. The summed E-state index contributed by atoms with van der Waals surface area (Å²) in [5, 5.41) is 4.07. The normalized spacial score (nSPS) is 14.0. The van der Waals surface area contributed by atoms with E-state index in [1.54, 1.807) is 31.2 Å². The van der Waals surface area contributed by atoms with Crippen molar-refractivity contribution in [1.82, 2.24) is 5.32 Å². The standard InChI is InChI=1S/C29H31N3O4S2/c1-2-36-29(33)28-21-23-20-24(12-13-27(23)37-28)38(34,35)32(17-14-22-8-4-3-5-9-22)26-11-7-6-10-25(26)31-18-15-30-16-19-31/h3-13,20-21,30H,2,14-19H2,1H3. The highest BCUT2D eigenvalue weighted by Crippen LogP contribution is 2.35. The lowest BCUT2D eigenvalue weighted by molar-refractivity contribution is 0.0532. The van der Waals surface area contributed by atoms with Crippen molar-refractivity contribution in [2.24, 2.45) is 0 Å². The number of thiophene rings is 1. The molecule has 0 spiro atoms. The fourth-order valence-corrected chi connectivity index (χ4v) is 7.16. The second-order valence-electron chi connectivity index (χ2n) is 9.07. The van der Waals surface area contributed by atoms with Crippen LogP contribution in [0.4, 0.5) is 11.4 Å². The van der Waals surface area contributed by atoms with Crippen LogP contribution in [0.25, 0.3) is 10.1 Å². The number of sulfonamides is 1. The van der Waals surface area contributed by atoms with E-state index in [1.165, 1.54) is 15.6 Å². The number of hydrogen-bond acceptors (Lipinski definition) is 7. The largest absolute Gasteiger partial charge is 0.462 e. The molecule has 0 saturated carbocycles. The van der Waals surface area contributed by atoms with Crippen molar-refractivity contribution < 1.29 is 17.9 Å². The first-order valence-electron chi connectivity index (χ1n) is 12.8. The second kappa shape index (κ2) is 11.6. The van der Waals surface area contributed by atoms with E-state index < -0.39 is 16.0 Å². The topological polar surface area (TPSA) is 79.0 Å². The van der Waals surface area contributed by atoms with Gasteiger partial charge in [0.15, 0.2) is 0 Å². The minimum absolute atomic E-state index is 0.196. The van der Waals surface area contributed by atoms with Crippen LogP contribution < -0.4 is 14.5 Å². The van der Waals surface area contributed by atoms with Crippen LogP contribution in [-0.2, 0) is 21.2 Å². The lowest BCUT2D eigenvalue weighted by Gasteiger charge is -2.34. The Labute approximate surface area is 227 Å². The van der Waals surface area contributed by atoms with Crippen molar-refractivity contribution in [2.75, 3.05) is 48.5 Å². The van der Waals surface area contributed by atoms with Gasteiger partial charge >= 0.3 is 5.97 Å². The molecule has 198 valence electrons. The average molecular weight is 550 g/mol. The number of carbonyl (C=O) groups excluding carboxylic acids is 1. The molecule has 0 atom stereocenters. The number of fused-ring (bicyclic) bond motifs is 1. The summed E-state index contributed by atoms with van der Waals surface area (Å²) in [7, 11) is -3.92. The van der Waals surface area contributed by atoms with Gasteiger partial charge in [0.05, 0.1) is 22.9 Å². The molecule has 0 aliphatic carbocycles. The van der Waals surface area contributed by atoms with Crippen LogP contribution in [0.15, 0.2) is 83.8 Å². The van der Waals surface area contributed by atoms with E-state index in [0.29, 0.717) is 28.9 Å². The van der Waals surface area contributed by atoms with E-state index in [4.69, 9.17) is 4.74 Å². The van der Waals surface area contributed by atoms with Gasteiger partial charge in [-0.2, -0.15) is 0 Å². The monoisotopic (exact) mass is 549 g/mol.